The number of carbonyl (C=O) groups excluding carboxylic acids is 2. The summed E-state index contributed by atoms with van der Waals surface area (Å²) < 4.78 is 6.32. The van der Waals surface area contributed by atoms with Crippen LogP contribution in [-0.4, -0.2) is 20.1 Å². The lowest BCUT2D eigenvalue weighted by Gasteiger charge is -2.36. The zero-order valence-electron chi connectivity index (χ0n) is 16.7. The van der Waals surface area contributed by atoms with Crippen LogP contribution < -0.4 is 5.32 Å². The fourth-order valence-corrected chi connectivity index (χ4v) is 3.93. The van der Waals surface area contributed by atoms with Crippen molar-refractivity contribution < 1.29 is 14.0 Å². The van der Waals surface area contributed by atoms with Gasteiger partial charge in [-0.1, -0.05) is 57.2 Å². The van der Waals surface area contributed by atoms with Crippen molar-refractivity contribution in [2.75, 3.05) is 0 Å². The summed E-state index contributed by atoms with van der Waals surface area (Å²) in [5.74, 6) is -0.614. The van der Waals surface area contributed by atoms with Gasteiger partial charge in [-0.15, -0.1) is 0 Å². The van der Waals surface area contributed by atoms with E-state index in [-0.39, 0.29) is 16.9 Å². The minimum atomic E-state index is -1.80. The maximum absolute atomic E-state index is 12.1. The normalized spacial score (nSPS) is 14.3. The number of benzene rings is 2. The van der Waals surface area contributed by atoms with Crippen molar-refractivity contribution in [3.63, 3.8) is 0 Å². The number of fused-ring (bicyclic) bond motifs is 1. The van der Waals surface area contributed by atoms with Gasteiger partial charge in [0.05, 0.1) is 17.7 Å². The third kappa shape index (κ3) is 4.04. The monoisotopic (exact) mass is 381 g/mol. The first-order chi connectivity index (χ1) is 12.6. The highest BCUT2D eigenvalue weighted by molar-refractivity contribution is 6.74. The molecule has 3 rings (SSSR count). The molecule has 0 fully saturated rings. The summed E-state index contributed by atoms with van der Waals surface area (Å²) in [6.07, 6.45) is 0.609. The van der Waals surface area contributed by atoms with E-state index in [4.69, 9.17) is 4.43 Å². The lowest BCUT2D eigenvalue weighted by atomic mass is 9.96. The van der Waals surface area contributed by atoms with Crippen molar-refractivity contribution in [3.05, 3.63) is 70.3 Å². The quantitative estimate of drug-likeness (QED) is 0.604. The van der Waals surface area contributed by atoms with Crippen LogP contribution in [-0.2, 0) is 17.5 Å². The first-order valence-electron chi connectivity index (χ1n) is 9.28. The molecule has 0 atom stereocenters. The predicted molar refractivity (Wildman–Crippen MR) is 109 cm³/mol. The molecule has 0 unspecified atom stereocenters. The van der Waals surface area contributed by atoms with Crippen LogP contribution >= 0.6 is 0 Å². The summed E-state index contributed by atoms with van der Waals surface area (Å²) >= 11 is 0. The van der Waals surface area contributed by atoms with Crippen LogP contribution in [0, 0.1) is 0 Å². The van der Waals surface area contributed by atoms with Crippen molar-refractivity contribution >= 4 is 20.1 Å². The number of carbonyl (C=O) groups is 2. The SMILES string of the molecule is CC(C)(C)[Si](C)(C)OCc1cccc(Cc2cccc3c2C(=O)NC3=O)c1. The van der Waals surface area contributed by atoms with E-state index in [2.05, 4.69) is 51.3 Å². The Morgan fingerprint density at radius 1 is 0.963 bits per heavy atom. The Hall–Kier alpha value is -2.24. The molecule has 2 aromatic carbocycles. The molecule has 0 aliphatic carbocycles. The Kier molecular flexibility index (Phi) is 5.10. The predicted octanol–water partition coefficient (Wildman–Crippen LogP) is 4.68. The molecule has 5 heteroatoms. The van der Waals surface area contributed by atoms with Gasteiger partial charge in [0.1, 0.15) is 0 Å². The van der Waals surface area contributed by atoms with Crippen molar-refractivity contribution in [2.45, 2.75) is 51.9 Å². The Morgan fingerprint density at radius 3 is 2.33 bits per heavy atom. The minimum Gasteiger partial charge on any atom is -0.413 e. The highest BCUT2D eigenvalue weighted by atomic mass is 28.4. The lowest BCUT2D eigenvalue weighted by Crippen LogP contribution is -2.40. The van der Waals surface area contributed by atoms with E-state index in [1.165, 1.54) is 0 Å². The first kappa shape index (κ1) is 19.5. The Labute approximate surface area is 162 Å². The van der Waals surface area contributed by atoms with Crippen LogP contribution in [0.25, 0.3) is 0 Å². The van der Waals surface area contributed by atoms with Crippen LogP contribution in [0.15, 0.2) is 42.5 Å². The molecule has 0 saturated carbocycles. The van der Waals surface area contributed by atoms with Gasteiger partial charge in [0.15, 0.2) is 8.32 Å². The Balaban J connectivity index is 1.78. The number of rotatable bonds is 5. The first-order valence-corrected chi connectivity index (χ1v) is 12.2. The van der Waals surface area contributed by atoms with E-state index >= 15 is 0 Å². The van der Waals surface area contributed by atoms with E-state index in [1.807, 2.05) is 24.3 Å². The van der Waals surface area contributed by atoms with E-state index in [0.29, 0.717) is 24.2 Å². The molecule has 1 N–H and O–H groups in total. The number of hydrogen-bond donors (Lipinski definition) is 1. The molecule has 1 aliphatic heterocycles. The number of amides is 2. The average Bonchev–Trinajstić information content (AvgIpc) is 2.88. The van der Waals surface area contributed by atoms with E-state index in [0.717, 1.165) is 16.7 Å². The van der Waals surface area contributed by atoms with Gasteiger partial charge in [0.25, 0.3) is 11.8 Å². The zero-order valence-corrected chi connectivity index (χ0v) is 17.7. The third-order valence-corrected chi connectivity index (χ3v) is 10.1. The van der Waals surface area contributed by atoms with Gasteiger partial charge in [-0.05, 0) is 47.3 Å². The molecule has 4 nitrogen and oxygen atoms in total. The van der Waals surface area contributed by atoms with Crippen LogP contribution in [0.2, 0.25) is 18.1 Å². The molecular formula is C22H27NO3Si. The second kappa shape index (κ2) is 7.06. The number of hydrogen-bond acceptors (Lipinski definition) is 3. The molecule has 0 radical (unpaired) electrons. The van der Waals surface area contributed by atoms with Gasteiger partial charge in [-0.2, -0.15) is 0 Å². The second-order valence-electron chi connectivity index (χ2n) is 8.67. The molecule has 1 aliphatic rings. The van der Waals surface area contributed by atoms with Crippen LogP contribution in [0.4, 0.5) is 0 Å². The van der Waals surface area contributed by atoms with Gasteiger partial charge in [0.2, 0.25) is 0 Å². The highest BCUT2D eigenvalue weighted by Gasteiger charge is 2.37. The summed E-state index contributed by atoms with van der Waals surface area (Å²) in [6, 6.07) is 13.7. The largest absolute Gasteiger partial charge is 0.413 e. The summed E-state index contributed by atoms with van der Waals surface area (Å²) in [6.45, 7) is 11.8. The highest BCUT2D eigenvalue weighted by Crippen LogP contribution is 2.37. The maximum atomic E-state index is 12.1. The molecule has 2 amide bonds. The standard InChI is InChI=1S/C22H27NO3Si/c1-22(2,3)27(4,5)26-14-16-9-6-8-15(12-16)13-17-10-7-11-18-19(17)21(25)23-20(18)24/h6-12H,13-14H2,1-5H3,(H,23,24,25). The van der Waals surface area contributed by atoms with Crippen LogP contribution in [0.3, 0.4) is 0 Å². The van der Waals surface area contributed by atoms with Crippen LogP contribution in [0.1, 0.15) is 58.2 Å². The smallest absolute Gasteiger partial charge is 0.259 e. The summed E-state index contributed by atoms with van der Waals surface area (Å²) in [7, 11) is -1.80. The van der Waals surface area contributed by atoms with Gasteiger partial charge < -0.3 is 4.43 Å². The summed E-state index contributed by atoms with van der Waals surface area (Å²) in [5, 5.41) is 2.55. The Bertz CT molecular complexity index is 897. The Morgan fingerprint density at radius 2 is 1.63 bits per heavy atom. The molecule has 142 valence electrons. The van der Waals surface area contributed by atoms with Gasteiger partial charge in [-0.25, -0.2) is 0 Å². The molecule has 0 aromatic heterocycles. The maximum Gasteiger partial charge on any atom is 0.259 e. The van der Waals surface area contributed by atoms with E-state index < -0.39 is 8.32 Å². The zero-order chi connectivity index (χ0) is 19.8. The van der Waals surface area contributed by atoms with Crippen molar-refractivity contribution in [2.24, 2.45) is 0 Å². The molecule has 27 heavy (non-hydrogen) atoms. The fourth-order valence-electron chi connectivity index (χ4n) is 2.97. The van der Waals surface area contributed by atoms with E-state index in [9.17, 15) is 9.59 Å². The van der Waals surface area contributed by atoms with Crippen LogP contribution in [0.5, 0.6) is 0 Å². The summed E-state index contributed by atoms with van der Waals surface area (Å²) in [4.78, 5) is 24.0. The second-order valence-corrected chi connectivity index (χ2v) is 13.5. The molecule has 1 heterocycles. The molecule has 0 bridgehead atoms. The minimum absolute atomic E-state index is 0.176. The molecule has 0 spiro atoms. The van der Waals surface area contributed by atoms with E-state index in [1.54, 1.807) is 6.07 Å². The average molecular weight is 382 g/mol. The van der Waals surface area contributed by atoms with Gasteiger partial charge in [0, 0.05) is 0 Å². The molecule has 2 aromatic rings. The van der Waals surface area contributed by atoms with Crippen molar-refractivity contribution in [1.82, 2.24) is 5.32 Å². The molecule has 0 saturated heterocycles. The summed E-state index contributed by atoms with van der Waals surface area (Å²) in [5.41, 5.74) is 4.08. The van der Waals surface area contributed by atoms with Crippen molar-refractivity contribution in [1.29, 1.82) is 0 Å². The fraction of sp³-hybridized carbons (Fsp3) is 0.364. The number of nitrogens with one attached hydrogen (secondary N) is 1. The van der Waals surface area contributed by atoms with Gasteiger partial charge in [-0.3, -0.25) is 14.9 Å². The third-order valence-electron chi connectivity index (χ3n) is 5.64. The lowest BCUT2D eigenvalue weighted by molar-refractivity contribution is 0.0879. The molecular weight excluding hydrogens is 354 g/mol. The van der Waals surface area contributed by atoms with Crippen molar-refractivity contribution in [3.8, 4) is 0 Å². The topological polar surface area (TPSA) is 55.4 Å². The number of imide groups is 1. The van der Waals surface area contributed by atoms with Gasteiger partial charge >= 0.3 is 0 Å².